The van der Waals surface area contributed by atoms with Gasteiger partial charge < -0.3 is 0 Å². The molecule has 4 fully saturated rings. The molecule has 0 heterocycles. The monoisotopic (exact) mass is 369 g/mol. The summed E-state index contributed by atoms with van der Waals surface area (Å²) in [5.74, 6) is 4.39. The molecule has 1 N–H and O–H groups in total. The number of sulfonamides is 1. The van der Waals surface area contributed by atoms with Crippen molar-refractivity contribution in [1.29, 1.82) is 0 Å². The first-order valence-electron chi connectivity index (χ1n) is 10.1. The SMILES string of the molecule is O=S(=O)(NCCC1C2CC3CC(C2)CC1C3)c1cccc2ccccc12. The van der Waals surface area contributed by atoms with Crippen LogP contribution >= 0.6 is 0 Å². The lowest BCUT2D eigenvalue weighted by Gasteiger charge is -2.54. The van der Waals surface area contributed by atoms with Crippen LogP contribution in [0, 0.1) is 29.6 Å². The Labute approximate surface area is 156 Å². The van der Waals surface area contributed by atoms with Gasteiger partial charge in [0.1, 0.15) is 0 Å². The summed E-state index contributed by atoms with van der Waals surface area (Å²) in [5.41, 5.74) is 0. The van der Waals surface area contributed by atoms with Crippen LogP contribution < -0.4 is 4.72 Å². The Morgan fingerprint density at radius 3 is 2.23 bits per heavy atom. The second kappa shape index (κ2) is 6.35. The van der Waals surface area contributed by atoms with Gasteiger partial charge in [-0.15, -0.1) is 0 Å². The molecule has 26 heavy (non-hydrogen) atoms. The molecule has 4 bridgehead atoms. The van der Waals surface area contributed by atoms with Gasteiger partial charge in [0.2, 0.25) is 10.0 Å². The quantitative estimate of drug-likeness (QED) is 0.838. The normalized spacial score (nSPS) is 33.0. The van der Waals surface area contributed by atoms with Crippen LogP contribution in [0.3, 0.4) is 0 Å². The minimum atomic E-state index is -3.46. The van der Waals surface area contributed by atoms with Crippen LogP contribution in [0.4, 0.5) is 0 Å². The second-order valence-electron chi connectivity index (χ2n) is 8.76. The highest BCUT2D eigenvalue weighted by molar-refractivity contribution is 7.89. The molecule has 4 aliphatic rings. The Morgan fingerprint density at radius 2 is 1.50 bits per heavy atom. The summed E-state index contributed by atoms with van der Waals surface area (Å²) in [5, 5.41) is 1.77. The van der Waals surface area contributed by atoms with E-state index in [0.717, 1.165) is 46.8 Å². The van der Waals surface area contributed by atoms with Crippen LogP contribution in [0.25, 0.3) is 10.8 Å². The van der Waals surface area contributed by atoms with E-state index in [1.165, 1.54) is 32.1 Å². The number of rotatable bonds is 5. The molecule has 2 aromatic carbocycles. The van der Waals surface area contributed by atoms with E-state index < -0.39 is 10.0 Å². The van der Waals surface area contributed by atoms with Gasteiger partial charge in [-0.25, -0.2) is 13.1 Å². The maximum absolute atomic E-state index is 12.9. The van der Waals surface area contributed by atoms with Gasteiger partial charge in [0.15, 0.2) is 0 Å². The Kier molecular flexibility index (Phi) is 4.09. The number of hydrogen-bond acceptors (Lipinski definition) is 2. The van der Waals surface area contributed by atoms with Crippen molar-refractivity contribution in [2.24, 2.45) is 29.6 Å². The van der Waals surface area contributed by atoms with Crippen LogP contribution in [-0.4, -0.2) is 15.0 Å². The van der Waals surface area contributed by atoms with E-state index in [1.54, 1.807) is 6.07 Å². The minimum absolute atomic E-state index is 0.403. The number of hydrogen-bond donors (Lipinski definition) is 1. The zero-order chi connectivity index (χ0) is 17.7. The van der Waals surface area contributed by atoms with Gasteiger partial charge in [-0.05, 0) is 79.6 Å². The van der Waals surface area contributed by atoms with Crippen molar-refractivity contribution in [3.63, 3.8) is 0 Å². The fraction of sp³-hybridized carbons (Fsp3) is 0.545. The lowest BCUT2D eigenvalue weighted by molar-refractivity contribution is -0.0388. The third kappa shape index (κ3) is 2.87. The zero-order valence-electron chi connectivity index (χ0n) is 15.1. The van der Waals surface area contributed by atoms with E-state index in [9.17, 15) is 8.42 Å². The van der Waals surface area contributed by atoms with Crippen molar-refractivity contribution in [3.05, 3.63) is 42.5 Å². The summed E-state index contributed by atoms with van der Waals surface area (Å²) >= 11 is 0. The molecular formula is C22H27NO2S. The molecule has 0 unspecified atom stereocenters. The lowest BCUT2D eigenvalue weighted by atomic mass is 9.51. The van der Waals surface area contributed by atoms with Crippen molar-refractivity contribution in [2.75, 3.05) is 6.54 Å². The summed E-state index contributed by atoms with van der Waals surface area (Å²) in [6.07, 6.45) is 8.05. The first-order valence-corrected chi connectivity index (χ1v) is 11.6. The Morgan fingerprint density at radius 1 is 0.846 bits per heavy atom. The molecule has 0 radical (unpaired) electrons. The van der Waals surface area contributed by atoms with Gasteiger partial charge in [-0.3, -0.25) is 0 Å². The predicted octanol–water partition coefficient (Wildman–Crippen LogP) is 4.58. The largest absolute Gasteiger partial charge is 0.241 e. The van der Waals surface area contributed by atoms with Crippen LogP contribution in [0.15, 0.2) is 47.4 Å². The molecule has 0 atom stereocenters. The Hall–Kier alpha value is -1.39. The van der Waals surface area contributed by atoms with Gasteiger partial charge in [-0.2, -0.15) is 0 Å². The van der Waals surface area contributed by atoms with E-state index in [0.29, 0.717) is 11.4 Å². The average Bonchev–Trinajstić information content (AvgIpc) is 2.63. The smallest absolute Gasteiger partial charge is 0.211 e. The molecule has 0 saturated heterocycles. The molecule has 0 aliphatic heterocycles. The van der Waals surface area contributed by atoms with Crippen LogP contribution in [0.1, 0.15) is 38.5 Å². The molecule has 4 aliphatic carbocycles. The van der Waals surface area contributed by atoms with E-state index in [-0.39, 0.29) is 0 Å². The summed E-state index contributed by atoms with van der Waals surface area (Å²) < 4.78 is 28.7. The molecule has 0 spiro atoms. The molecule has 0 aromatic heterocycles. The number of nitrogens with one attached hydrogen (secondary N) is 1. The van der Waals surface area contributed by atoms with Crippen LogP contribution in [0.5, 0.6) is 0 Å². The van der Waals surface area contributed by atoms with Crippen LogP contribution in [-0.2, 0) is 10.0 Å². The van der Waals surface area contributed by atoms with E-state index >= 15 is 0 Å². The van der Waals surface area contributed by atoms with Gasteiger partial charge in [0.25, 0.3) is 0 Å². The summed E-state index contributed by atoms with van der Waals surface area (Å²) in [7, 11) is -3.46. The Bertz CT molecular complexity index is 887. The van der Waals surface area contributed by atoms with E-state index in [2.05, 4.69) is 4.72 Å². The molecule has 2 aromatic rings. The van der Waals surface area contributed by atoms with Crippen LogP contribution in [0.2, 0.25) is 0 Å². The maximum atomic E-state index is 12.9. The molecule has 138 valence electrons. The van der Waals surface area contributed by atoms with E-state index in [1.807, 2.05) is 36.4 Å². The van der Waals surface area contributed by atoms with Crippen molar-refractivity contribution in [2.45, 2.75) is 43.4 Å². The highest BCUT2D eigenvalue weighted by Crippen LogP contribution is 2.57. The van der Waals surface area contributed by atoms with Gasteiger partial charge >= 0.3 is 0 Å². The van der Waals surface area contributed by atoms with Crippen molar-refractivity contribution in [1.82, 2.24) is 4.72 Å². The van der Waals surface area contributed by atoms with Crippen molar-refractivity contribution < 1.29 is 8.42 Å². The first kappa shape index (κ1) is 16.8. The van der Waals surface area contributed by atoms with E-state index in [4.69, 9.17) is 0 Å². The molecule has 3 nitrogen and oxygen atoms in total. The zero-order valence-corrected chi connectivity index (χ0v) is 15.9. The third-order valence-corrected chi connectivity index (χ3v) is 8.75. The highest BCUT2D eigenvalue weighted by Gasteiger charge is 2.47. The van der Waals surface area contributed by atoms with Gasteiger partial charge in [0, 0.05) is 11.9 Å². The molecule has 0 amide bonds. The fourth-order valence-corrected chi connectivity index (χ4v) is 7.65. The lowest BCUT2D eigenvalue weighted by Crippen LogP contribution is -2.46. The Balaban J connectivity index is 1.29. The predicted molar refractivity (Wildman–Crippen MR) is 104 cm³/mol. The highest BCUT2D eigenvalue weighted by atomic mass is 32.2. The summed E-state index contributed by atoms with van der Waals surface area (Å²) in [6.45, 7) is 0.568. The first-order chi connectivity index (χ1) is 12.6. The summed E-state index contributed by atoms with van der Waals surface area (Å²) in [4.78, 5) is 0.403. The fourth-order valence-electron chi connectivity index (χ4n) is 6.38. The van der Waals surface area contributed by atoms with Crippen molar-refractivity contribution in [3.8, 4) is 0 Å². The molecular weight excluding hydrogens is 342 g/mol. The third-order valence-electron chi connectivity index (χ3n) is 7.23. The minimum Gasteiger partial charge on any atom is -0.211 e. The van der Waals surface area contributed by atoms with Crippen molar-refractivity contribution >= 4 is 20.8 Å². The molecule has 4 heteroatoms. The topological polar surface area (TPSA) is 46.2 Å². The van der Waals surface area contributed by atoms with Gasteiger partial charge in [0.05, 0.1) is 4.90 Å². The average molecular weight is 370 g/mol. The number of fused-ring (bicyclic) bond motifs is 1. The number of benzene rings is 2. The molecule has 4 saturated carbocycles. The maximum Gasteiger partial charge on any atom is 0.241 e. The molecule has 6 rings (SSSR count). The van der Waals surface area contributed by atoms with Gasteiger partial charge in [-0.1, -0.05) is 36.4 Å². The standard InChI is InChI=1S/C22H27NO2S/c24-26(25,22-7-3-5-17-4-1-2-6-21(17)22)23-9-8-20-18-11-15-10-16(13-18)14-19(20)12-15/h1-7,15-16,18-20,23H,8-14H2. The summed E-state index contributed by atoms with van der Waals surface area (Å²) in [6, 6.07) is 13.2. The second-order valence-corrected chi connectivity index (χ2v) is 10.5.